The van der Waals surface area contributed by atoms with Crippen LogP contribution in [0.15, 0.2) is 79.4 Å². The molecule has 2 saturated carbocycles. The third-order valence-corrected chi connectivity index (χ3v) is 7.55. The number of nitrogens with zero attached hydrogens (tertiary/aromatic N) is 2. The Labute approximate surface area is 232 Å². The second kappa shape index (κ2) is 11.3. The molecule has 2 aliphatic carbocycles. The Morgan fingerprint density at radius 1 is 1.02 bits per heavy atom. The molecule has 206 valence electrons. The van der Waals surface area contributed by atoms with Gasteiger partial charge in [0.2, 0.25) is 11.8 Å². The molecular formula is C31H31N3O6. The first-order chi connectivity index (χ1) is 19.3. The van der Waals surface area contributed by atoms with E-state index in [2.05, 4.69) is 16.9 Å². The fraction of sp³-hybridized carbons (Fsp3) is 0.323. The lowest BCUT2D eigenvalue weighted by atomic mass is 9.94. The van der Waals surface area contributed by atoms with Crippen LogP contribution in [0.25, 0.3) is 22.6 Å². The molecule has 0 aliphatic heterocycles. The van der Waals surface area contributed by atoms with Gasteiger partial charge < -0.3 is 19.9 Å². The zero-order valence-electron chi connectivity index (χ0n) is 22.2. The molecule has 5 rings (SSSR count). The Balaban J connectivity index is 1.38. The number of aliphatic carboxylic acids is 1. The van der Waals surface area contributed by atoms with E-state index in [1.807, 2.05) is 60.7 Å². The molecule has 0 radical (unpaired) electrons. The average molecular weight is 542 g/mol. The molecular weight excluding hydrogens is 510 g/mol. The number of esters is 1. The monoisotopic (exact) mass is 541 g/mol. The van der Waals surface area contributed by atoms with E-state index in [0.29, 0.717) is 23.8 Å². The first kappa shape index (κ1) is 27.1. The SMILES string of the molecule is C=C[C@@H]1C[C@]1(NC(=O)[C@@H]1C[C@@H](Oc2cc(-c3ccccc3)nc(-c3ccccc3)n2)C[C@H]1C(=O)O)C(=O)OCC. The van der Waals surface area contributed by atoms with Crippen LogP contribution in [0.4, 0.5) is 0 Å². The lowest BCUT2D eigenvalue weighted by Gasteiger charge is -2.21. The molecule has 1 aromatic heterocycles. The van der Waals surface area contributed by atoms with E-state index in [9.17, 15) is 19.5 Å². The minimum absolute atomic E-state index is 0.121. The summed E-state index contributed by atoms with van der Waals surface area (Å²) in [6, 6.07) is 20.8. The molecule has 0 spiro atoms. The van der Waals surface area contributed by atoms with E-state index < -0.39 is 41.3 Å². The summed E-state index contributed by atoms with van der Waals surface area (Å²) in [7, 11) is 0. The number of nitrogens with one attached hydrogen (secondary N) is 1. The highest BCUT2D eigenvalue weighted by Gasteiger charge is 2.62. The van der Waals surface area contributed by atoms with Gasteiger partial charge in [0.1, 0.15) is 11.6 Å². The van der Waals surface area contributed by atoms with Crippen LogP contribution in [0.3, 0.4) is 0 Å². The number of rotatable bonds is 10. The average Bonchev–Trinajstić information content (AvgIpc) is 3.52. The second-order valence-corrected chi connectivity index (χ2v) is 10.1. The number of ether oxygens (including phenoxy) is 2. The number of carbonyl (C=O) groups excluding carboxylic acids is 2. The van der Waals surface area contributed by atoms with E-state index in [0.717, 1.165) is 11.1 Å². The van der Waals surface area contributed by atoms with E-state index in [-0.39, 0.29) is 25.4 Å². The molecule has 1 heterocycles. The Morgan fingerprint density at radius 3 is 2.27 bits per heavy atom. The number of aromatic nitrogens is 2. The van der Waals surface area contributed by atoms with Crippen LogP contribution in [0, 0.1) is 17.8 Å². The molecule has 0 bridgehead atoms. The van der Waals surface area contributed by atoms with Crippen molar-refractivity contribution in [2.45, 2.75) is 37.8 Å². The number of carbonyl (C=O) groups is 3. The van der Waals surface area contributed by atoms with E-state index >= 15 is 0 Å². The van der Waals surface area contributed by atoms with Crippen LogP contribution in [0.1, 0.15) is 26.2 Å². The molecule has 3 aromatic rings. The molecule has 2 aliphatic rings. The highest BCUT2D eigenvalue weighted by atomic mass is 16.5. The molecule has 9 heteroatoms. The zero-order valence-corrected chi connectivity index (χ0v) is 22.2. The number of carboxylic acids is 1. The topological polar surface area (TPSA) is 128 Å². The van der Waals surface area contributed by atoms with Gasteiger partial charge in [0, 0.05) is 23.1 Å². The van der Waals surface area contributed by atoms with Crippen LogP contribution < -0.4 is 10.1 Å². The predicted octanol–water partition coefficient (Wildman–Crippen LogP) is 4.29. The number of amides is 1. The number of carboxylic acid groups (broad SMARTS) is 1. The van der Waals surface area contributed by atoms with Gasteiger partial charge >= 0.3 is 11.9 Å². The highest BCUT2D eigenvalue weighted by Crippen LogP contribution is 2.46. The van der Waals surface area contributed by atoms with Gasteiger partial charge in [-0.1, -0.05) is 66.7 Å². The second-order valence-electron chi connectivity index (χ2n) is 10.1. The third kappa shape index (κ3) is 5.45. The van der Waals surface area contributed by atoms with Crippen molar-refractivity contribution in [3.63, 3.8) is 0 Å². The molecule has 5 atom stereocenters. The molecule has 2 fully saturated rings. The summed E-state index contributed by atoms with van der Waals surface area (Å²) in [6.45, 7) is 5.61. The first-order valence-electron chi connectivity index (χ1n) is 13.4. The van der Waals surface area contributed by atoms with Crippen molar-refractivity contribution in [2.75, 3.05) is 6.61 Å². The van der Waals surface area contributed by atoms with Gasteiger partial charge in [-0.05, 0) is 26.2 Å². The van der Waals surface area contributed by atoms with Crippen LogP contribution in [-0.4, -0.2) is 51.2 Å². The van der Waals surface area contributed by atoms with E-state index in [1.165, 1.54) is 0 Å². The zero-order chi connectivity index (χ0) is 28.3. The number of benzene rings is 2. The van der Waals surface area contributed by atoms with E-state index in [1.54, 1.807) is 19.1 Å². The van der Waals surface area contributed by atoms with E-state index in [4.69, 9.17) is 14.5 Å². The summed E-state index contributed by atoms with van der Waals surface area (Å²) >= 11 is 0. The summed E-state index contributed by atoms with van der Waals surface area (Å²) in [6.07, 6.45) is 1.68. The summed E-state index contributed by atoms with van der Waals surface area (Å²) in [5.41, 5.74) is 1.15. The van der Waals surface area contributed by atoms with Gasteiger partial charge in [-0.3, -0.25) is 9.59 Å². The van der Waals surface area contributed by atoms with Crippen molar-refractivity contribution < 1.29 is 29.0 Å². The summed E-state index contributed by atoms with van der Waals surface area (Å²) in [5, 5.41) is 12.7. The normalized spacial score (nSPS) is 25.0. The Bertz CT molecular complexity index is 1360. The van der Waals surface area contributed by atoms with Crippen LogP contribution >= 0.6 is 0 Å². The van der Waals surface area contributed by atoms with Gasteiger partial charge in [0.15, 0.2) is 5.82 Å². The molecule has 40 heavy (non-hydrogen) atoms. The highest BCUT2D eigenvalue weighted by molar-refractivity contribution is 5.94. The largest absolute Gasteiger partial charge is 0.481 e. The summed E-state index contributed by atoms with van der Waals surface area (Å²) in [5.74, 6) is -3.49. The minimum Gasteiger partial charge on any atom is -0.481 e. The van der Waals surface area contributed by atoms with Gasteiger partial charge in [0.05, 0.1) is 24.1 Å². The third-order valence-electron chi connectivity index (χ3n) is 7.55. The van der Waals surface area contributed by atoms with Gasteiger partial charge in [-0.25, -0.2) is 9.78 Å². The Morgan fingerprint density at radius 2 is 1.68 bits per heavy atom. The van der Waals surface area contributed by atoms with Gasteiger partial charge in [-0.15, -0.1) is 6.58 Å². The fourth-order valence-electron chi connectivity index (χ4n) is 5.35. The van der Waals surface area contributed by atoms with Gasteiger partial charge in [-0.2, -0.15) is 4.98 Å². The van der Waals surface area contributed by atoms with Gasteiger partial charge in [0.25, 0.3) is 0 Å². The van der Waals surface area contributed by atoms with Crippen molar-refractivity contribution in [2.24, 2.45) is 17.8 Å². The Kier molecular flexibility index (Phi) is 7.64. The van der Waals surface area contributed by atoms with Crippen LogP contribution in [-0.2, 0) is 19.1 Å². The Hall–Kier alpha value is -4.53. The fourth-order valence-corrected chi connectivity index (χ4v) is 5.35. The van der Waals surface area contributed by atoms with Crippen molar-refractivity contribution >= 4 is 17.8 Å². The molecule has 2 N–H and O–H groups in total. The van der Waals surface area contributed by atoms with Crippen LogP contribution in [0.2, 0.25) is 0 Å². The quantitative estimate of drug-likeness (QED) is 0.287. The molecule has 0 saturated heterocycles. The van der Waals surface area contributed by atoms with Crippen molar-refractivity contribution in [1.29, 1.82) is 0 Å². The number of hydrogen-bond donors (Lipinski definition) is 2. The summed E-state index contributed by atoms with van der Waals surface area (Å²) in [4.78, 5) is 47.5. The molecule has 1 amide bonds. The van der Waals surface area contributed by atoms with Crippen molar-refractivity contribution in [1.82, 2.24) is 15.3 Å². The lowest BCUT2D eigenvalue weighted by Crippen LogP contribution is -2.49. The smallest absolute Gasteiger partial charge is 0.332 e. The first-order valence-corrected chi connectivity index (χ1v) is 13.4. The van der Waals surface area contributed by atoms with Crippen LogP contribution in [0.5, 0.6) is 5.88 Å². The molecule has 9 nitrogen and oxygen atoms in total. The maximum Gasteiger partial charge on any atom is 0.332 e. The molecule has 2 aromatic carbocycles. The number of hydrogen-bond acceptors (Lipinski definition) is 7. The van der Waals surface area contributed by atoms with Crippen molar-refractivity contribution in [3.05, 3.63) is 79.4 Å². The van der Waals surface area contributed by atoms with Crippen molar-refractivity contribution in [3.8, 4) is 28.5 Å². The summed E-state index contributed by atoms with van der Waals surface area (Å²) < 4.78 is 11.4. The predicted molar refractivity (Wildman–Crippen MR) is 147 cm³/mol. The maximum atomic E-state index is 13.4. The molecule has 0 unspecified atom stereocenters. The maximum absolute atomic E-state index is 13.4. The lowest BCUT2D eigenvalue weighted by molar-refractivity contribution is -0.150. The minimum atomic E-state index is -1.20. The standard InChI is InChI=1S/C31H31N3O6/c1-3-21-18-31(21,30(38)39-4-2)34-28(35)23-15-22(16-24(23)29(36)37)40-26-17-25(19-11-7-5-8-12-19)32-27(33-26)20-13-9-6-10-14-20/h3,5-14,17,21-24H,1,4,15-16,18H2,2H3,(H,34,35)(H,36,37)/t21-,22-,23-,24-,31-/m1/s1.